The predicted octanol–water partition coefficient (Wildman–Crippen LogP) is 1.87. The molecule has 1 aromatic rings. The summed E-state index contributed by atoms with van der Waals surface area (Å²) in [6.07, 6.45) is 2.78. The smallest absolute Gasteiger partial charge is 0.181 e. The molecule has 2 rings (SSSR count). The molecule has 1 saturated carbocycles. The lowest BCUT2D eigenvalue weighted by molar-refractivity contribution is 0.433. The highest BCUT2D eigenvalue weighted by atomic mass is 32.2. The van der Waals surface area contributed by atoms with Crippen LogP contribution < -0.4 is 5.73 Å². The fourth-order valence-electron chi connectivity index (χ4n) is 2.30. The summed E-state index contributed by atoms with van der Waals surface area (Å²) in [7, 11) is -3.44. The van der Waals surface area contributed by atoms with E-state index in [2.05, 4.69) is 0 Å². The van der Waals surface area contributed by atoms with Crippen LogP contribution >= 0.6 is 0 Å². The van der Waals surface area contributed by atoms with Crippen LogP contribution in [-0.4, -0.2) is 19.7 Å². The molecular weight excluding hydrogens is 241 g/mol. The summed E-state index contributed by atoms with van der Waals surface area (Å²) in [5, 5.41) is -0.465. The van der Waals surface area contributed by atoms with E-state index >= 15 is 0 Å². The van der Waals surface area contributed by atoms with Crippen molar-refractivity contribution in [3.63, 3.8) is 0 Å². The van der Waals surface area contributed by atoms with Gasteiger partial charge in [-0.1, -0.05) is 12.5 Å². The summed E-state index contributed by atoms with van der Waals surface area (Å²) in [5.41, 5.74) is 5.79. The second-order valence-corrected chi connectivity index (χ2v) is 6.78. The quantitative estimate of drug-likeness (QED) is 0.879. The molecule has 2 unspecified atom stereocenters. The summed E-state index contributed by atoms with van der Waals surface area (Å²) in [6, 6.07) is 5.13. The fraction of sp³-hybridized carbons (Fsp3) is 0.500. The van der Waals surface area contributed by atoms with E-state index in [4.69, 9.17) is 5.73 Å². The molecule has 0 saturated heterocycles. The van der Waals surface area contributed by atoms with Gasteiger partial charge in [-0.3, -0.25) is 0 Å². The molecule has 0 aromatic heterocycles. The largest absolute Gasteiger partial charge is 0.328 e. The number of hydrogen-bond acceptors (Lipinski definition) is 3. The standard InChI is InChI=1S/C12H16FNO2S/c13-9-3-1-5-11(7-9)17(15,16)12-6-2-4-10(14)8-12/h1,3,5,7,10,12H,2,4,6,8,14H2. The van der Waals surface area contributed by atoms with E-state index in [0.717, 1.165) is 18.9 Å². The Balaban J connectivity index is 2.29. The van der Waals surface area contributed by atoms with Crippen molar-refractivity contribution < 1.29 is 12.8 Å². The van der Waals surface area contributed by atoms with E-state index in [1.165, 1.54) is 18.2 Å². The minimum atomic E-state index is -3.44. The maximum Gasteiger partial charge on any atom is 0.181 e. The molecule has 0 bridgehead atoms. The zero-order chi connectivity index (χ0) is 12.5. The summed E-state index contributed by atoms with van der Waals surface area (Å²) in [5.74, 6) is -0.522. The van der Waals surface area contributed by atoms with Crippen molar-refractivity contribution in [2.45, 2.75) is 41.9 Å². The molecule has 2 N–H and O–H groups in total. The van der Waals surface area contributed by atoms with Crippen molar-refractivity contribution in [2.75, 3.05) is 0 Å². The molecule has 0 spiro atoms. The lowest BCUT2D eigenvalue weighted by Gasteiger charge is -2.26. The lowest BCUT2D eigenvalue weighted by atomic mass is 9.96. The van der Waals surface area contributed by atoms with Crippen molar-refractivity contribution in [1.29, 1.82) is 0 Å². The molecule has 1 aliphatic carbocycles. The van der Waals surface area contributed by atoms with Gasteiger partial charge < -0.3 is 5.73 Å². The van der Waals surface area contributed by atoms with Crippen LogP contribution in [0.3, 0.4) is 0 Å². The zero-order valence-electron chi connectivity index (χ0n) is 9.47. The van der Waals surface area contributed by atoms with Crippen molar-refractivity contribution in [2.24, 2.45) is 5.73 Å². The van der Waals surface area contributed by atoms with Crippen molar-refractivity contribution in [3.05, 3.63) is 30.1 Å². The number of nitrogens with two attached hydrogens (primary N) is 1. The fourth-order valence-corrected chi connectivity index (χ4v) is 4.21. The van der Waals surface area contributed by atoms with E-state index in [1.807, 2.05) is 0 Å². The van der Waals surface area contributed by atoms with Crippen LogP contribution in [-0.2, 0) is 9.84 Å². The van der Waals surface area contributed by atoms with Gasteiger partial charge in [0.05, 0.1) is 10.1 Å². The molecule has 94 valence electrons. The highest BCUT2D eigenvalue weighted by molar-refractivity contribution is 7.92. The van der Waals surface area contributed by atoms with Crippen LogP contribution in [0.1, 0.15) is 25.7 Å². The van der Waals surface area contributed by atoms with Crippen LogP contribution in [0.5, 0.6) is 0 Å². The normalized spacial score (nSPS) is 25.8. The molecule has 0 amide bonds. The predicted molar refractivity (Wildman–Crippen MR) is 63.8 cm³/mol. The first kappa shape index (κ1) is 12.5. The third-order valence-corrected chi connectivity index (χ3v) is 5.45. The maximum atomic E-state index is 13.1. The molecule has 5 heteroatoms. The molecule has 3 nitrogen and oxygen atoms in total. The second-order valence-electron chi connectivity index (χ2n) is 4.55. The molecular formula is C12H16FNO2S. The Kier molecular flexibility index (Phi) is 3.49. The Morgan fingerprint density at radius 3 is 2.71 bits per heavy atom. The molecule has 0 aliphatic heterocycles. The molecule has 0 radical (unpaired) electrons. The molecule has 1 aliphatic rings. The Labute approximate surface area is 101 Å². The Morgan fingerprint density at radius 2 is 2.06 bits per heavy atom. The highest BCUT2D eigenvalue weighted by Gasteiger charge is 2.31. The Bertz CT molecular complexity index is 501. The van der Waals surface area contributed by atoms with Crippen LogP contribution in [0.15, 0.2) is 29.2 Å². The van der Waals surface area contributed by atoms with E-state index in [0.29, 0.717) is 12.8 Å². The molecule has 1 aromatic carbocycles. The molecule has 0 heterocycles. The van der Waals surface area contributed by atoms with Gasteiger partial charge in [-0.2, -0.15) is 0 Å². The van der Waals surface area contributed by atoms with Gasteiger partial charge in [0.15, 0.2) is 9.84 Å². The van der Waals surface area contributed by atoms with E-state index in [9.17, 15) is 12.8 Å². The number of sulfone groups is 1. The third kappa shape index (κ3) is 2.66. The lowest BCUT2D eigenvalue weighted by Crippen LogP contribution is -2.35. The summed E-state index contributed by atoms with van der Waals surface area (Å²) in [6.45, 7) is 0. The summed E-state index contributed by atoms with van der Waals surface area (Å²) in [4.78, 5) is 0.0663. The Hall–Kier alpha value is -0.940. The van der Waals surface area contributed by atoms with Gasteiger partial charge in [-0.05, 0) is 37.5 Å². The summed E-state index contributed by atoms with van der Waals surface area (Å²) < 4.78 is 37.6. The first-order valence-corrected chi connectivity index (χ1v) is 7.30. The van der Waals surface area contributed by atoms with Gasteiger partial charge >= 0.3 is 0 Å². The first-order chi connectivity index (χ1) is 8.00. The first-order valence-electron chi connectivity index (χ1n) is 5.75. The van der Waals surface area contributed by atoms with Crippen LogP contribution in [0, 0.1) is 5.82 Å². The van der Waals surface area contributed by atoms with Gasteiger partial charge in [0.1, 0.15) is 5.82 Å². The van der Waals surface area contributed by atoms with Gasteiger partial charge in [0.2, 0.25) is 0 Å². The van der Waals surface area contributed by atoms with Gasteiger partial charge in [-0.25, -0.2) is 12.8 Å². The number of halogens is 1. The SMILES string of the molecule is NC1CCCC(S(=O)(=O)c2cccc(F)c2)C1. The van der Waals surface area contributed by atoms with Crippen molar-refractivity contribution in [3.8, 4) is 0 Å². The van der Waals surface area contributed by atoms with Crippen LogP contribution in [0.2, 0.25) is 0 Å². The van der Waals surface area contributed by atoms with Crippen LogP contribution in [0.4, 0.5) is 4.39 Å². The van der Waals surface area contributed by atoms with Crippen molar-refractivity contribution >= 4 is 9.84 Å². The van der Waals surface area contributed by atoms with Crippen molar-refractivity contribution in [1.82, 2.24) is 0 Å². The molecule has 2 atom stereocenters. The minimum Gasteiger partial charge on any atom is -0.328 e. The third-order valence-electron chi connectivity index (χ3n) is 3.23. The molecule has 17 heavy (non-hydrogen) atoms. The van der Waals surface area contributed by atoms with Gasteiger partial charge in [-0.15, -0.1) is 0 Å². The zero-order valence-corrected chi connectivity index (χ0v) is 10.3. The average molecular weight is 257 g/mol. The Morgan fingerprint density at radius 1 is 1.29 bits per heavy atom. The monoisotopic (exact) mass is 257 g/mol. The topological polar surface area (TPSA) is 60.2 Å². The highest BCUT2D eigenvalue weighted by Crippen LogP contribution is 2.28. The maximum absolute atomic E-state index is 13.1. The average Bonchev–Trinajstić information content (AvgIpc) is 2.29. The van der Waals surface area contributed by atoms with Gasteiger partial charge in [0, 0.05) is 6.04 Å². The van der Waals surface area contributed by atoms with E-state index in [-0.39, 0.29) is 10.9 Å². The van der Waals surface area contributed by atoms with Crippen LogP contribution in [0.25, 0.3) is 0 Å². The second kappa shape index (κ2) is 4.74. The minimum absolute atomic E-state index is 0.0583. The van der Waals surface area contributed by atoms with E-state index < -0.39 is 20.9 Å². The van der Waals surface area contributed by atoms with E-state index in [1.54, 1.807) is 0 Å². The van der Waals surface area contributed by atoms with Gasteiger partial charge in [0.25, 0.3) is 0 Å². The number of benzene rings is 1. The number of hydrogen-bond donors (Lipinski definition) is 1. The summed E-state index contributed by atoms with van der Waals surface area (Å²) >= 11 is 0. The number of rotatable bonds is 2. The molecule has 1 fully saturated rings.